The van der Waals surface area contributed by atoms with Crippen molar-refractivity contribution < 1.29 is 0 Å². The molecule has 0 aromatic rings. The van der Waals surface area contributed by atoms with E-state index in [0.717, 1.165) is 0 Å². The predicted molar refractivity (Wildman–Crippen MR) is 52.1 cm³/mol. The van der Waals surface area contributed by atoms with Crippen LogP contribution in [0, 0.1) is 0 Å². The van der Waals surface area contributed by atoms with E-state index in [4.69, 9.17) is 0 Å². The van der Waals surface area contributed by atoms with Crippen LogP contribution in [0.1, 0.15) is 0 Å². The van der Waals surface area contributed by atoms with Crippen LogP contribution in [0.2, 0.25) is 0 Å². The minimum atomic E-state index is 0.347. The first-order chi connectivity index (χ1) is 6.13. The Hall–Kier alpha value is -1.00. The largest absolute Gasteiger partial charge is 0.359 e. The van der Waals surface area contributed by atoms with Crippen molar-refractivity contribution in [3.8, 4) is 0 Å². The average molecular weight is 180 g/mol. The van der Waals surface area contributed by atoms with Crippen molar-refractivity contribution in [3.05, 3.63) is 24.0 Å². The second-order valence-electron chi connectivity index (χ2n) is 3.56. The molecule has 0 radical (unpaired) electrons. The Morgan fingerprint density at radius 3 is 2.46 bits per heavy atom. The highest BCUT2D eigenvalue weighted by Gasteiger charge is 2.37. The first-order valence-corrected chi connectivity index (χ1v) is 4.43. The van der Waals surface area contributed by atoms with Crippen LogP contribution in [0.3, 0.4) is 0 Å². The van der Waals surface area contributed by atoms with Gasteiger partial charge in [-0.2, -0.15) is 10.1 Å². The van der Waals surface area contributed by atoms with Crippen molar-refractivity contribution in [3.63, 3.8) is 0 Å². The van der Waals surface area contributed by atoms with Crippen molar-refractivity contribution in [1.29, 1.82) is 0 Å². The Bertz CT molecular complexity index is 271. The Morgan fingerprint density at radius 2 is 1.85 bits per heavy atom. The molecule has 1 saturated heterocycles. The van der Waals surface area contributed by atoms with Crippen LogP contribution in [0.5, 0.6) is 0 Å². The molecule has 4 nitrogen and oxygen atoms in total. The third-order valence-corrected chi connectivity index (χ3v) is 2.86. The normalized spacial score (nSPS) is 29.5. The molecule has 2 heterocycles. The van der Waals surface area contributed by atoms with E-state index in [0.29, 0.717) is 6.17 Å². The average Bonchev–Trinajstić information content (AvgIpc) is 2.33. The van der Waals surface area contributed by atoms with Gasteiger partial charge in [0.25, 0.3) is 0 Å². The first kappa shape index (κ1) is 8.59. The number of hydrogen-bond acceptors (Lipinski definition) is 4. The zero-order valence-corrected chi connectivity index (χ0v) is 8.60. The lowest BCUT2D eigenvalue weighted by Gasteiger charge is -2.30. The third-order valence-electron chi connectivity index (χ3n) is 2.86. The van der Waals surface area contributed by atoms with Crippen LogP contribution in [0.15, 0.2) is 24.0 Å². The summed E-state index contributed by atoms with van der Waals surface area (Å²) in [7, 11) is 8.33. The highest BCUT2D eigenvalue weighted by atomic mass is 15.9. The van der Waals surface area contributed by atoms with Crippen molar-refractivity contribution in [1.82, 2.24) is 20.0 Å². The highest BCUT2D eigenvalue weighted by molar-refractivity contribution is 5.22. The van der Waals surface area contributed by atoms with Gasteiger partial charge in [-0.15, -0.1) is 0 Å². The predicted octanol–water partition coefficient (Wildman–Crippen LogP) is 0.294. The molecule has 72 valence electrons. The van der Waals surface area contributed by atoms with Gasteiger partial charge in [-0.3, -0.25) is 5.01 Å². The van der Waals surface area contributed by atoms with Gasteiger partial charge in [0.05, 0.1) is 5.70 Å². The van der Waals surface area contributed by atoms with Crippen LogP contribution in [0.4, 0.5) is 0 Å². The summed E-state index contributed by atoms with van der Waals surface area (Å²) in [4.78, 5) is 2.20. The second-order valence-corrected chi connectivity index (χ2v) is 3.56. The standard InChI is InChI=1S/C9H16N4/c1-10-7-5-6-8-9(10)12(3)13(4)11(8)2/h5-7,9H,1-4H3. The molecule has 4 heteroatoms. The number of hydrogen-bond donors (Lipinski definition) is 0. The molecule has 0 amide bonds. The molecule has 0 spiro atoms. The number of likely N-dealkylation sites (N-methyl/N-ethyl adjacent to an activating group) is 3. The number of nitrogens with zero attached hydrogens (tertiary/aromatic N) is 4. The molecule has 0 N–H and O–H groups in total. The Morgan fingerprint density at radius 1 is 1.15 bits per heavy atom. The van der Waals surface area contributed by atoms with E-state index < -0.39 is 0 Å². The topological polar surface area (TPSA) is 13.0 Å². The van der Waals surface area contributed by atoms with Gasteiger partial charge in [-0.1, -0.05) is 0 Å². The van der Waals surface area contributed by atoms with E-state index in [9.17, 15) is 0 Å². The Kier molecular flexibility index (Phi) is 1.82. The summed E-state index contributed by atoms with van der Waals surface area (Å²) in [6.45, 7) is 0. The number of allylic oxidation sites excluding steroid dienone is 2. The number of rotatable bonds is 0. The maximum atomic E-state index is 2.20. The fourth-order valence-corrected chi connectivity index (χ4v) is 1.92. The van der Waals surface area contributed by atoms with Gasteiger partial charge in [-0.25, -0.2) is 0 Å². The van der Waals surface area contributed by atoms with E-state index in [2.05, 4.69) is 66.6 Å². The fourth-order valence-electron chi connectivity index (χ4n) is 1.92. The third kappa shape index (κ3) is 1.06. The molecule has 0 saturated carbocycles. The molecule has 13 heavy (non-hydrogen) atoms. The van der Waals surface area contributed by atoms with Gasteiger partial charge >= 0.3 is 0 Å². The highest BCUT2D eigenvalue weighted by Crippen LogP contribution is 2.28. The summed E-state index contributed by atoms with van der Waals surface area (Å²) in [5, 5.41) is 6.47. The molecule has 2 aliphatic heterocycles. The Balaban J connectivity index is 2.35. The molecule has 0 aromatic carbocycles. The summed E-state index contributed by atoms with van der Waals surface area (Å²) in [6.07, 6.45) is 6.68. The van der Waals surface area contributed by atoms with Gasteiger partial charge in [0.1, 0.15) is 6.17 Å². The quantitative estimate of drug-likeness (QED) is 0.531. The second kappa shape index (κ2) is 2.75. The van der Waals surface area contributed by atoms with Gasteiger partial charge in [0.15, 0.2) is 0 Å². The minimum Gasteiger partial charge on any atom is -0.359 e. The fraction of sp³-hybridized carbons (Fsp3) is 0.556. The molecule has 1 unspecified atom stereocenters. The lowest BCUT2D eigenvalue weighted by molar-refractivity contribution is -0.0858. The maximum absolute atomic E-state index is 2.20. The van der Waals surface area contributed by atoms with E-state index in [1.165, 1.54) is 5.70 Å². The molecular weight excluding hydrogens is 164 g/mol. The SMILES string of the molecule is CN1C=CC=C2C1N(C)N(C)N2C. The molecular formula is C9H16N4. The molecule has 0 bridgehead atoms. The maximum Gasteiger partial charge on any atom is 0.138 e. The molecule has 2 rings (SSSR count). The summed E-state index contributed by atoms with van der Waals surface area (Å²) < 4.78 is 0. The summed E-state index contributed by atoms with van der Waals surface area (Å²) in [6, 6.07) is 0. The summed E-state index contributed by atoms with van der Waals surface area (Å²) in [5.41, 5.74) is 1.31. The van der Waals surface area contributed by atoms with E-state index in [-0.39, 0.29) is 0 Å². The lowest BCUT2D eigenvalue weighted by atomic mass is 10.2. The van der Waals surface area contributed by atoms with E-state index in [1.54, 1.807) is 0 Å². The molecule has 1 fully saturated rings. The van der Waals surface area contributed by atoms with Gasteiger partial charge in [0.2, 0.25) is 0 Å². The lowest BCUT2D eigenvalue weighted by Crippen LogP contribution is -2.44. The summed E-state index contributed by atoms with van der Waals surface area (Å²) in [5.74, 6) is 0. The molecule has 0 aliphatic carbocycles. The van der Waals surface area contributed by atoms with Gasteiger partial charge in [-0.05, 0) is 12.2 Å². The van der Waals surface area contributed by atoms with Crippen molar-refractivity contribution >= 4 is 0 Å². The molecule has 2 aliphatic rings. The van der Waals surface area contributed by atoms with Crippen molar-refractivity contribution in [2.75, 3.05) is 28.2 Å². The minimum absolute atomic E-state index is 0.347. The van der Waals surface area contributed by atoms with Crippen LogP contribution in [-0.4, -0.2) is 54.4 Å². The Labute approximate surface area is 79.2 Å². The molecule has 1 atom stereocenters. The van der Waals surface area contributed by atoms with Crippen LogP contribution in [0.25, 0.3) is 0 Å². The smallest absolute Gasteiger partial charge is 0.138 e. The van der Waals surface area contributed by atoms with E-state index in [1.807, 2.05) is 0 Å². The van der Waals surface area contributed by atoms with Crippen LogP contribution < -0.4 is 0 Å². The monoisotopic (exact) mass is 180 g/mol. The van der Waals surface area contributed by atoms with Gasteiger partial charge < -0.3 is 4.90 Å². The van der Waals surface area contributed by atoms with Crippen LogP contribution >= 0.6 is 0 Å². The van der Waals surface area contributed by atoms with Crippen molar-refractivity contribution in [2.45, 2.75) is 6.17 Å². The zero-order valence-electron chi connectivity index (χ0n) is 8.60. The van der Waals surface area contributed by atoms with Crippen molar-refractivity contribution in [2.24, 2.45) is 0 Å². The van der Waals surface area contributed by atoms with E-state index >= 15 is 0 Å². The van der Waals surface area contributed by atoms with Gasteiger partial charge in [0, 0.05) is 34.4 Å². The number of hydrazine groups is 2. The summed E-state index contributed by atoms with van der Waals surface area (Å²) >= 11 is 0. The van der Waals surface area contributed by atoms with Crippen LogP contribution in [-0.2, 0) is 0 Å². The molecule has 0 aromatic heterocycles. The number of fused-ring (bicyclic) bond motifs is 1. The first-order valence-electron chi connectivity index (χ1n) is 4.43. The zero-order chi connectivity index (χ0) is 9.59.